The van der Waals surface area contributed by atoms with Gasteiger partial charge in [-0.2, -0.15) is 22.0 Å². The summed E-state index contributed by atoms with van der Waals surface area (Å²) in [5.41, 5.74) is -1.94. The molecule has 0 bridgehead atoms. The second kappa shape index (κ2) is 9.44. The predicted molar refractivity (Wildman–Crippen MR) is 111 cm³/mol. The molecule has 1 aliphatic heterocycles. The Morgan fingerprint density at radius 1 is 1.18 bits per heavy atom. The van der Waals surface area contributed by atoms with E-state index in [0.717, 1.165) is 26.7 Å². The Morgan fingerprint density at radius 3 is 2.39 bits per heavy atom. The van der Waals surface area contributed by atoms with Crippen LogP contribution in [0, 0.1) is 11.3 Å². The van der Waals surface area contributed by atoms with Crippen LogP contribution in [0.4, 0.5) is 27.6 Å². The first kappa shape index (κ1) is 25.2. The fourth-order valence-corrected chi connectivity index (χ4v) is 4.48. The SMILES string of the molecule is CC(C)(NC(=O)CN1CC2(CCC(C(=O)Nc3cccc(OC(F)F)c3)CC2)C1)C(F)(F)F. The average Bonchev–Trinajstić information content (AvgIpc) is 2.65. The second-order valence-corrected chi connectivity index (χ2v) is 9.49. The smallest absolute Gasteiger partial charge is 0.410 e. The van der Waals surface area contributed by atoms with Gasteiger partial charge in [-0.15, -0.1) is 0 Å². The number of likely N-dealkylation sites (tertiary alicyclic amines) is 1. The Kier molecular flexibility index (Phi) is 7.21. The number of hydrogen-bond acceptors (Lipinski definition) is 4. The molecule has 1 aliphatic carbocycles. The van der Waals surface area contributed by atoms with E-state index in [4.69, 9.17) is 0 Å². The monoisotopic (exact) mass is 477 g/mol. The molecule has 184 valence electrons. The lowest BCUT2D eigenvalue weighted by atomic mass is 9.65. The average molecular weight is 477 g/mol. The van der Waals surface area contributed by atoms with Crippen molar-refractivity contribution in [1.29, 1.82) is 0 Å². The van der Waals surface area contributed by atoms with Crippen LogP contribution in [0.15, 0.2) is 24.3 Å². The third-order valence-corrected chi connectivity index (χ3v) is 6.39. The molecule has 1 aromatic carbocycles. The molecule has 2 amide bonds. The van der Waals surface area contributed by atoms with Gasteiger partial charge >= 0.3 is 12.8 Å². The van der Waals surface area contributed by atoms with Crippen molar-refractivity contribution >= 4 is 17.5 Å². The number of anilines is 1. The number of carbonyl (C=O) groups excluding carboxylic acids is 2. The molecular weight excluding hydrogens is 449 g/mol. The van der Waals surface area contributed by atoms with E-state index in [-0.39, 0.29) is 29.5 Å². The van der Waals surface area contributed by atoms with Gasteiger partial charge in [0.1, 0.15) is 11.3 Å². The summed E-state index contributed by atoms with van der Waals surface area (Å²) in [4.78, 5) is 26.4. The highest BCUT2D eigenvalue weighted by Gasteiger charge is 2.50. The standard InChI is InChI=1S/C22H28F5N3O3/c1-20(2,22(25,26)27)29-17(31)11-30-12-21(13-30)8-6-14(7-9-21)18(32)28-15-4-3-5-16(10-15)33-19(23)24/h3-5,10,14,19H,6-9,11-13H2,1-2H3,(H,28,32)(H,29,31). The fraction of sp³-hybridized carbons (Fsp3) is 0.636. The van der Waals surface area contributed by atoms with Crippen LogP contribution in [0.25, 0.3) is 0 Å². The molecule has 0 unspecified atom stereocenters. The van der Waals surface area contributed by atoms with Crippen LogP contribution >= 0.6 is 0 Å². The summed E-state index contributed by atoms with van der Waals surface area (Å²) in [5, 5.41) is 4.78. The predicted octanol–water partition coefficient (Wildman–Crippen LogP) is 4.18. The molecule has 2 N–H and O–H groups in total. The van der Waals surface area contributed by atoms with Crippen molar-refractivity contribution in [2.24, 2.45) is 11.3 Å². The van der Waals surface area contributed by atoms with Crippen LogP contribution in [-0.4, -0.2) is 54.7 Å². The van der Waals surface area contributed by atoms with Gasteiger partial charge in [0.05, 0.1) is 6.54 Å². The maximum atomic E-state index is 12.9. The maximum Gasteiger partial charge on any atom is 0.410 e. The molecular formula is C22H28F5N3O3. The van der Waals surface area contributed by atoms with Gasteiger partial charge in [-0.3, -0.25) is 14.5 Å². The van der Waals surface area contributed by atoms with Gasteiger partial charge in [-0.1, -0.05) is 6.07 Å². The van der Waals surface area contributed by atoms with E-state index in [9.17, 15) is 31.5 Å². The van der Waals surface area contributed by atoms with Gasteiger partial charge in [0.2, 0.25) is 11.8 Å². The minimum Gasteiger partial charge on any atom is -0.435 e. The molecule has 2 aliphatic rings. The minimum atomic E-state index is -4.53. The summed E-state index contributed by atoms with van der Waals surface area (Å²) in [6.07, 6.45) is -1.72. The molecule has 6 nitrogen and oxygen atoms in total. The molecule has 3 rings (SSSR count). The summed E-state index contributed by atoms with van der Waals surface area (Å²) < 4.78 is 67.8. The number of halogens is 5. The summed E-state index contributed by atoms with van der Waals surface area (Å²) in [5.74, 6) is -1.12. The molecule has 1 spiro atoms. The van der Waals surface area contributed by atoms with Crippen LogP contribution in [0.5, 0.6) is 5.75 Å². The number of nitrogens with one attached hydrogen (secondary N) is 2. The van der Waals surface area contributed by atoms with Crippen molar-refractivity contribution in [2.45, 2.75) is 57.9 Å². The van der Waals surface area contributed by atoms with Gasteiger partial charge in [0.15, 0.2) is 0 Å². The van der Waals surface area contributed by atoms with Crippen molar-refractivity contribution in [1.82, 2.24) is 10.2 Å². The number of benzene rings is 1. The van der Waals surface area contributed by atoms with Gasteiger partial charge in [-0.05, 0) is 57.1 Å². The lowest BCUT2D eigenvalue weighted by Crippen LogP contribution is -2.62. The van der Waals surface area contributed by atoms with E-state index in [1.165, 1.54) is 18.2 Å². The number of rotatable bonds is 7. The van der Waals surface area contributed by atoms with Crippen LogP contribution in [-0.2, 0) is 9.59 Å². The maximum absolute atomic E-state index is 12.9. The topological polar surface area (TPSA) is 70.7 Å². The van der Waals surface area contributed by atoms with Crippen LogP contribution < -0.4 is 15.4 Å². The molecule has 2 fully saturated rings. The molecule has 0 atom stereocenters. The lowest BCUT2D eigenvalue weighted by molar-refractivity contribution is -0.189. The molecule has 1 heterocycles. The molecule has 11 heteroatoms. The summed E-state index contributed by atoms with van der Waals surface area (Å²) >= 11 is 0. The van der Waals surface area contributed by atoms with Crippen LogP contribution in [0.2, 0.25) is 0 Å². The van der Waals surface area contributed by atoms with Crippen molar-refractivity contribution in [3.8, 4) is 5.75 Å². The van der Waals surface area contributed by atoms with Crippen LogP contribution in [0.3, 0.4) is 0 Å². The Bertz CT molecular complexity index is 859. The molecule has 0 radical (unpaired) electrons. The first-order valence-electron chi connectivity index (χ1n) is 10.7. The quantitative estimate of drug-likeness (QED) is 0.579. The third-order valence-electron chi connectivity index (χ3n) is 6.39. The highest BCUT2D eigenvalue weighted by Crippen LogP contribution is 2.45. The lowest BCUT2D eigenvalue weighted by Gasteiger charge is -2.53. The number of hydrogen-bond donors (Lipinski definition) is 2. The summed E-state index contributed by atoms with van der Waals surface area (Å²) in [7, 11) is 0. The number of alkyl halides is 5. The molecule has 1 saturated heterocycles. The van der Waals surface area contributed by atoms with Gasteiger partial charge in [0, 0.05) is 30.8 Å². The number of amides is 2. The first-order valence-corrected chi connectivity index (χ1v) is 10.7. The number of nitrogens with zero attached hydrogens (tertiary/aromatic N) is 1. The van der Waals surface area contributed by atoms with Crippen molar-refractivity contribution in [3.63, 3.8) is 0 Å². The Labute approximate surface area is 188 Å². The van der Waals surface area contributed by atoms with E-state index < -0.39 is 24.2 Å². The molecule has 1 saturated carbocycles. The van der Waals surface area contributed by atoms with E-state index in [1.807, 2.05) is 10.2 Å². The van der Waals surface area contributed by atoms with E-state index in [1.54, 1.807) is 6.07 Å². The Balaban J connectivity index is 1.42. The molecule has 33 heavy (non-hydrogen) atoms. The highest BCUT2D eigenvalue weighted by atomic mass is 19.4. The van der Waals surface area contributed by atoms with Gasteiger partial charge < -0.3 is 15.4 Å². The van der Waals surface area contributed by atoms with Crippen molar-refractivity contribution in [3.05, 3.63) is 24.3 Å². The normalized spacial score (nSPS) is 19.3. The minimum absolute atomic E-state index is 0.0262. The number of ether oxygens (including phenoxy) is 1. The third kappa shape index (κ3) is 6.33. The van der Waals surface area contributed by atoms with Crippen molar-refractivity contribution in [2.75, 3.05) is 25.0 Å². The Hall–Kier alpha value is -2.43. The van der Waals surface area contributed by atoms with E-state index in [0.29, 0.717) is 31.6 Å². The van der Waals surface area contributed by atoms with E-state index >= 15 is 0 Å². The molecule has 1 aromatic rings. The van der Waals surface area contributed by atoms with E-state index in [2.05, 4.69) is 10.1 Å². The van der Waals surface area contributed by atoms with Crippen LogP contribution in [0.1, 0.15) is 39.5 Å². The van der Waals surface area contributed by atoms with Gasteiger partial charge in [-0.25, -0.2) is 0 Å². The Morgan fingerprint density at radius 2 is 1.82 bits per heavy atom. The second-order valence-electron chi connectivity index (χ2n) is 9.49. The van der Waals surface area contributed by atoms with Crippen molar-refractivity contribution < 1.29 is 36.3 Å². The largest absolute Gasteiger partial charge is 0.435 e. The first-order chi connectivity index (χ1) is 15.3. The zero-order chi connectivity index (χ0) is 24.4. The summed E-state index contributed by atoms with van der Waals surface area (Å²) in [6, 6.07) is 5.82. The highest BCUT2D eigenvalue weighted by molar-refractivity contribution is 5.92. The summed E-state index contributed by atoms with van der Waals surface area (Å²) in [6.45, 7) is 0.0214. The zero-order valence-electron chi connectivity index (χ0n) is 18.5. The number of carbonyl (C=O) groups is 2. The fourth-order valence-electron chi connectivity index (χ4n) is 4.48. The molecule has 0 aromatic heterocycles. The van der Waals surface area contributed by atoms with Gasteiger partial charge in [0.25, 0.3) is 0 Å². The zero-order valence-corrected chi connectivity index (χ0v) is 18.5.